The van der Waals surface area contributed by atoms with Gasteiger partial charge in [0.2, 0.25) is 0 Å². The van der Waals surface area contributed by atoms with Crippen molar-refractivity contribution in [3.8, 4) is 5.75 Å². The number of nitro benzene ring substituents is 1. The Morgan fingerprint density at radius 2 is 2.25 bits per heavy atom. The van der Waals surface area contributed by atoms with E-state index in [4.69, 9.17) is 4.74 Å². The summed E-state index contributed by atoms with van der Waals surface area (Å²) in [5.41, 5.74) is 0.0353. The van der Waals surface area contributed by atoms with Gasteiger partial charge in [-0.25, -0.2) is 0 Å². The molecule has 0 bridgehead atoms. The maximum absolute atomic E-state index is 10.8. The average molecular weight is 222 g/mol. The average Bonchev–Trinajstić information content (AvgIpc) is 2.31. The van der Waals surface area contributed by atoms with Crippen molar-refractivity contribution < 1.29 is 9.66 Å². The van der Waals surface area contributed by atoms with Crippen LogP contribution in [0.2, 0.25) is 0 Å². The van der Waals surface area contributed by atoms with Gasteiger partial charge >= 0.3 is 5.69 Å². The van der Waals surface area contributed by atoms with Crippen LogP contribution in [0.15, 0.2) is 24.3 Å². The molecule has 16 heavy (non-hydrogen) atoms. The SMILES string of the molecule is O=[N+]([O-])c1ccccc1O[C@@H]1CCCNC1. The topological polar surface area (TPSA) is 64.4 Å². The van der Waals surface area contributed by atoms with Crippen LogP contribution in [0.3, 0.4) is 0 Å². The highest BCUT2D eigenvalue weighted by molar-refractivity contribution is 5.45. The molecule has 1 heterocycles. The molecule has 1 aliphatic rings. The first-order valence-corrected chi connectivity index (χ1v) is 5.38. The van der Waals surface area contributed by atoms with Gasteiger partial charge in [0.1, 0.15) is 6.10 Å². The van der Waals surface area contributed by atoms with Crippen molar-refractivity contribution in [1.82, 2.24) is 5.32 Å². The molecule has 1 N–H and O–H groups in total. The highest BCUT2D eigenvalue weighted by Crippen LogP contribution is 2.27. The van der Waals surface area contributed by atoms with Crippen molar-refractivity contribution in [1.29, 1.82) is 0 Å². The predicted octanol–water partition coefficient (Wildman–Crippen LogP) is 1.73. The van der Waals surface area contributed by atoms with Crippen molar-refractivity contribution in [2.75, 3.05) is 13.1 Å². The molecule has 0 aromatic heterocycles. The monoisotopic (exact) mass is 222 g/mol. The Kier molecular flexibility index (Phi) is 3.36. The third kappa shape index (κ3) is 2.49. The quantitative estimate of drug-likeness (QED) is 0.624. The van der Waals surface area contributed by atoms with Crippen LogP contribution in [0.5, 0.6) is 5.75 Å². The van der Waals surface area contributed by atoms with Crippen molar-refractivity contribution in [2.24, 2.45) is 0 Å². The van der Waals surface area contributed by atoms with Gasteiger partial charge in [0, 0.05) is 12.6 Å². The summed E-state index contributed by atoms with van der Waals surface area (Å²) in [4.78, 5) is 10.4. The maximum atomic E-state index is 10.8. The fraction of sp³-hybridized carbons (Fsp3) is 0.455. The Morgan fingerprint density at radius 3 is 2.94 bits per heavy atom. The molecule has 1 aromatic carbocycles. The maximum Gasteiger partial charge on any atom is 0.310 e. The lowest BCUT2D eigenvalue weighted by Gasteiger charge is -2.23. The summed E-state index contributed by atoms with van der Waals surface area (Å²) in [5.74, 6) is 0.362. The normalized spacial score (nSPS) is 20.4. The molecular formula is C11H14N2O3. The largest absolute Gasteiger partial charge is 0.482 e. The molecule has 1 fully saturated rings. The second-order valence-corrected chi connectivity index (χ2v) is 3.81. The Bertz CT molecular complexity index is 375. The molecule has 0 saturated carbocycles. The number of ether oxygens (including phenoxy) is 1. The molecule has 0 unspecified atom stereocenters. The molecule has 1 aliphatic heterocycles. The molecule has 2 rings (SSSR count). The first-order chi connectivity index (χ1) is 7.77. The van der Waals surface area contributed by atoms with Crippen LogP contribution >= 0.6 is 0 Å². The van der Waals surface area contributed by atoms with E-state index < -0.39 is 4.92 Å². The van der Waals surface area contributed by atoms with E-state index in [-0.39, 0.29) is 11.8 Å². The van der Waals surface area contributed by atoms with Gasteiger partial charge < -0.3 is 10.1 Å². The molecule has 5 heteroatoms. The number of nitrogens with one attached hydrogen (secondary N) is 1. The van der Waals surface area contributed by atoms with E-state index >= 15 is 0 Å². The molecule has 86 valence electrons. The molecule has 1 atom stereocenters. The van der Waals surface area contributed by atoms with E-state index in [0.29, 0.717) is 5.75 Å². The summed E-state index contributed by atoms with van der Waals surface area (Å²) < 4.78 is 5.64. The number of hydrogen-bond acceptors (Lipinski definition) is 4. The minimum Gasteiger partial charge on any atom is -0.482 e. The smallest absolute Gasteiger partial charge is 0.310 e. The lowest BCUT2D eigenvalue weighted by atomic mass is 10.1. The van der Waals surface area contributed by atoms with E-state index in [1.54, 1.807) is 18.2 Å². The van der Waals surface area contributed by atoms with Gasteiger partial charge in [0.15, 0.2) is 5.75 Å². The third-order valence-corrected chi connectivity index (χ3v) is 2.61. The fourth-order valence-electron chi connectivity index (χ4n) is 1.81. The van der Waals surface area contributed by atoms with Crippen molar-refractivity contribution in [3.63, 3.8) is 0 Å². The molecule has 1 saturated heterocycles. The second kappa shape index (κ2) is 4.94. The lowest BCUT2D eigenvalue weighted by Crippen LogP contribution is -2.37. The molecule has 0 aliphatic carbocycles. The number of nitrogens with zero attached hydrogens (tertiary/aromatic N) is 1. The number of para-hydroxylation sites is 2. The van der Waals surface area contributed by atoms with Crippen molar-refractivity contribution in [3.05, 3.63) is 34.4 Å². The molecule has 1 aromatic rings. The van der Waals surface area contributed by atoms with Crippen LogP contribution < -0.4 is 10.1 Å². The minimum absolute atomic E-state index is 0.0353. The first-order valence-electron chi connectivity index (χ1n) is 5.38. The molecule has 0 amide bonds. The summed E-state index contributed by atoms with van der Waals surface area (Å²) in [5, 5.41) is 14.0. The number of piperidine rings is 1. The molecule has 5 nitrogen and oxygen atoms in total. The van der Waals surface area contributed by atoms with Crippen LogP contribution in [0.1, 0.15) is 12.8 Å². The van der Waals surface area contributed by atoms with E-state index in [0.717, 1.165) is 25.9 Å². The van der Waals surface area contributed by atoms with Gasteiger partial charge in [-0.3, -0.25) is 10.1 Å². The Balaban J connectivity index is 2.10. The summed E-state index contributed by atoms with van der Waals surface area (Å²) in [6.07, 6.45) is 2.03. The van der Waals surface area contributed by atoms with Gasteiger partial charge in [-0.15, -0.1) is 0 Å². The van der Waals surface area contributed by atoms with Crippen molar-refractivity contribution in [2.45, 2.75) is 18.9 Å². The van der Waals surface area contributed by atoms with Gasteiger partial charge in [-0.2, -0.15) is 0 Å². The van der Waals surface area contributed by atoms with E-state index in [1.807, 2.05) is 0 Å². The first kappa shape index (κ1) is 10.9. The number of rotatable bonds is 3. The molecule has 0 radical (unpaired) electrons. The summed E-state index contributed by atoms with van der Waals surface area (Å²) in [6, 6.07) is 6.50. The summed E-state index contributed by atoms with van der Waals surface area (Å²) in [7, 11) is 0. The Hall–Kier alpha value is -1.62. The van der Waals surface area contributed by atoms with Crippen LogP contribution in [-0.4, -0.2) is 24.1 Å². The summed E-state index contributed by atoms with van der Waals surface area (Å²) in [6.45, 7) is 1.75. The predicted molar refractivity (Wildman–Crippen MR) is 59.6 cm³/mol. The van der Waals surface area contributed by atoms with E-state index in [2.05, 4.69) is 5.32 Å². The summed E-state index contributed by atoms with van der Waals surface area (Å²) >= 11 is 0. The van der Waals surface area contributed by atoms with Crippen LogP contribution in [-0.2, 0) is 0 Å². The van der Waals surface area contributed by atoms with Gasteiger partial charge in [0.25, 0.3) is 0 Å². The lowest BCUT2D eigenvalue weighted by molar-refractivity contribution is -0.386. The van der Waals surface area contributed by atoms with E-state index in [9.17, 15) is 10.1 Å². The minimum atomic E-state index is -0.411. The van der Waals surface area contributed by atoms with Crippen molar-refractivity contribution >= 4 is 5.69 Å². The van der Waals surface area contributed by atoms with Gasteiger partial charge in [-0.05, 0) is 25.5 Å². The fourth-order valence-corrected chi connectivity index (χ4v) is 1.81. The van der Waals surface area contributed by atoms with Gasteiger partial charge in [0.05, 0.1) is 4.92 Å². The van der Waals surface area contributed by atoms with E-state index in [1.165, 1.54) is 6.07 Å². The Morgan fingerprint density at radius 1 is 1.44 bits per heavy atom. The van der Waals surface area contributed by atoms with Gasteiger partial charge in [-0.1, -0.05) is 12.1 Å². The third-order valence-electron chi connectivity index (χ3n) is 2.61. The number of hydrogen-bond donors (Lipinski definition) is 1. The van der Waals surface area contributed by atoms with Crippen LogP contribution in [0.25, 0.3) is 0 Å². The van der Waals surface area contributed by atoms with Crippen LogP contribution in [0.4, 0.5) is 5.69 Å². The van der Waals surface area contributed by atoms with Crippen LogP contribution in [0, 0.1) is 10.1 Å². The second-order valence-electron chi connectivity index (χ2n) is 3.81. The highest BCUT2D eigenvalue weighted by atomic mass is 16.6. The Labute approximate surface area is 93.6 Å². The number of nitro groups is 1. The zero-order chi connectivity index (χ0) is 11.4. The zero-order valence-corrected chi connectivity index (χ0v) is 8.89. The standard InChI is InChI=1S/C11H14N2O3/c14-13(15)10-5-1-2-6-11(10)16-9-4-3-7-12-8-9/h1-2,5-6,9,12H,3-4,7-8H2/t9-/m1/s1. The zero-order valence-electron chi connectivity index (χ0n) is 8.89. The number of benzene rings is 1. The highest BCUT2D eigenvalue weighted by Gasteiger charge is 2.19. The molecular weight excluding hydrogens is 208 g/mol. The molecule has 0 spiro atoms.